The lowest BCUT2D eigenvalue weighted by Crippen LogP contribution is -2.30. The molecule has 0 aliphatic heterocycles. The predicted octanol–water partition coefficient (Wildman–Crippen LogP) is 2.56. The molecule has 140 valence electrons. The van der Waals surface area contributed by atoms with Crippen molar-refractivity contribution in [2.24, 2.45) is 0 Å². The molecule has 0 aliphatic carbocycles. The summed E-state index contributed by atoms with van der Waals surface area (Å²) < 4.78 is 28.4. The number of benzene rings is 1. The van der Waals surface area contributed by atoms with Gasteiger partial charge in [0.1, 0.15) is 0 Å². The maximum atomic E-state index is 12.2. The Balaban J connectivity index is 1.51. The standard InChI is InChI=1S/C18H17ClN4O3S/c19-17-4-2-1-3-14(17)5-6-18(24)20-10-12-27(25,26)22-15-8-11-23-16(13-15)7-9-21-23/h1-9,11,13,22H,10,12H2,(H,20,24)/b6-5+. The van der Waals surface area contributed by atoms with Crippen LogP contribution in [0.4, 0.5) is 5.69 Å². The van der Waals surface area contributed by atoms with Gasteiger partial charge in [-0.15, -0.1) is 0 Å². The van der Waals surface area contributed by atoms with Crippen molar-refractivity contribution in [1.29, 1.82) is 0 Å². The van der Waals surface area contributed by atoms with Crippen molar-refractivity contribution >= 4 is 44.8 Å². The van der Waals surface area contributed by atoms with Gasteiger partial charge in [0.15, 0.2) is 0 Å². The molecule has 27 heavy (non-hydrogen) atoms. The lowest BCUT2D eigenvalue weighted by molar-refractivity contribution is -0.116. The van der Waals surface area contributed by atoms with Crippen molar-refractivity contribution in [3.63, 3.8) is 0 Å². The number of rotatable bonds is 7. The first-order valence-electron chi connectivity index (χ1n) is 8.07. The third-order valence-electron chi connectivity index (χ3n) is 3.66. The van der Waals surface area contributed by atoms with Crippen LogP contribution in [0.5, 0.6) is 0 Å². The van der Waals surface area contributed by atoms with E-state index in [2.05, 4.69) is 15.1 Å². The van der Waals surface area contributed by atoms with Crippen LogP contribution in [0.2, 0.25) is 5.02 Å². The van der Waals surface area contributed by atoms with Crippen LogP contribution in [-0.4, -0.2) is 36.2 Å². The third kappa shape index (κ3) is 5.32. The molecule has 0 bridgehead atoms. The molecule has 0 aliphatic rings. The topological polar surface area (TPSA) is 92.6 Å². The maximum Gasteiger partial charge on any atom is 0.244 e. The smallest absolute Gasteiger partial charge is 0.244 e. The molecule has 3 aromatic rings. The van der Waals surface area contributed by atoms with Crippen molar-refractivity contribution in [1.82, 2.24) is 14.9 Å². The normalized spacial score (nSPS) is 11.7. The molecule has 1 amide bonds. The fourth-order valence-corrected chi connectivity index (χ4v) is 3.52. The number of hydrogen-bond acceptors (Lipinski definition) is 4. The number of nitrogens with one attached hydrogen (secondary N) is 2. The van der Waals surface area contributed by atoms with Crippen LogP contribution >= 0.6 is 11.6 Å². The van der Waals surface area contributed by atoms with Gasteiger partial charge in [0.05, 0.1) is 17.0 Å². The average molecular weight is 405 g/mol. The molecule has 0 fully saturated rings. The molecule has 0 atom stereocenters. The second kappa shape index (κ2) is 8.24. The number of hydrogen-bond donors (Lipinski definition) is 2. The Hall–Kier alpha value is -2.84. The van der Waals surface area contributed by atoms with Gasteiger partial charge in [0, 0.05) is 30.0 Å². The molecule has 9 heteroatoms. The fourth-order valence-electron chi connectivity index (χ4n) is 2.36. The van der Waals surface area contributed by atoms with E-state index in [1.165, 1.54) is 6.08 Å². The van der Waals surface area contributed by atoms with Crippen LogP contribution in [-0.2, 0) is 14.8 Å². The minimum absolute atomic E-state index is 0.0179. The molecule has 0 saturated carbocycles. The Morgan fingerprint density at radius 3 is 2.85 bits per heavy atom. The predicted molar refractivity (Wildman–Crippen MR) is 106 cm³/mol. The first kappa shape index (κ1) is 18.9. The number of nitrogens with zero attached hydrogens (tertiary/aromatic N) is 2. The number of sulfonamides is 1. The summed E-state index contributed by atoms with van der Waals surface area (Å²) in [6, 6.07) is 12.2. The van der Waals surface area contributed by atoms with Crippen molar-refractivity contribution in [2.45, 2.75) is 0 Å². The van der Waals surface area contributed by atoms with Crippen LogP contribution in [0.1, 0.15) is 5.56 Å². The lowest BCUT2D eigenvalue weighted by atomic mass is 10.2. The SMILES string of the molecule is O=C(/C=C/c1ccccc1Cl)NCCS(=O)(=O)Nc1ccn2nccc2c1. The molecule has 2 heterocycles. The molecule has 2 N–H and O–H groups in total. The fraction of sp³-hybridized carbons (Fsp3) is 0.111. The Labute approximate surface area is 161 Å². The summed E-state index contributed by atoms with van der Waals surface area (Å²) in [6.07, 6.45) is 6.17. The largest absolute Gasteiger partial charge is 0.351 e. The summed E-state index contributed by atoms with van der Waals surface area (Å²) in [6.45, 7) is -0.0179. The molecule has 1 aromatic carbocycles. The monoisotopic (exact) mass is 404 g/mol. The number of halogens is 1. The van der Waals surface area contributed by atoms with Crippen molar-refractivity contribution in [2.75, 3.05) is 17.0 Å². The molecular weight excluding hydrogens is 388 g/mol. The van der Waals surface area contributed by atoms with E-state index in [0.29, 0.717) is 16.3 Å². The highest BCUT2D eigenvalue weighted by Gasteiger charge is 2.11. The second-order valence-electron chi connectivity index (χ2n) is 5.68. The van der Waals surface area contributed by atoms with Crippen LogP contribution in [0.3, 0.4) is 0 Å². The zero-order chi connectivity index (χ0) is 19.3. The van der Waals surface area contributed by atoms with E-state index < -0.39 is 15.9 Å². The van der Waals surface area contributed by atoms with Crippen LogP contribution in [0, 0.1) is 0 Å². The summed E-state index contributed by atoms with van der Waals surface area (Å²) in [4.78, 5) is 11.8. The van der Waals surface area contributed by atoms with E-state index in [4.69, 9.17) is 11.6 Å². The second-order valence-corrected chi connectivity index (χ2v) is 7.93. The molecule has 2 aromatic heterocycles. The third-order valence-corrected chi connectivity index (χ3v) is 5.29. The van der Waals surface area contributed by atoms with Crippen molar-refractivity contribution in [3.05, 3.63) is 71.5 Å². The first-order chi connectivity index (χ1) is 12.9. The van der Waals surface area contributed by atoms with Crippen LogP contribution in [0.15, 0.2) is 60.9 Å². The number of pyridine rings is 1. The quantitative estimate of drug-likeness (QED) is 0.592. The summed E-state index contributed by atoms with van der Waals surface area (Å²) >= 11 is 6.00. The van der Waals surface area contributed by atoms with Gasteiger partial charge in [-0.2, -0.15) is 5.10 Å². The highest BCUT2D eigenvalue weighted by atomic mass is 35.5. The Morgan fingerprint density at radius 1 is 1.22 bits per heavy atom. The van der Waals surface area contributed by atoms with E-state index in [-0.39, 0.29) is 12.3 Å². The van der Waals surface area contributed by atoms with E-state index in [1.54, 1.807) is 59.4 Å². The zero-order valence-electron chi connectivity index (χ0n) is 14.2. The van der Waals surface area contributed by atoms with E-state index in [0.717, 1.165) is 5.52 Å². The molecule has 0 saturated heterocycles. The number of carbonyl (C=O) groups is 1. The highest BCUT2D eigenvalue weighted by molar-refractivity contribution is 7.92. The van der Waals surface area contributed by atoms with Gasteiger partial charge in [-0.25, -0.2) is 12.9 Å². The summed E-state index contributed by atoms with van der Waals surface area (Å²) in [7, 11) is -3.60. The zero-order valence-corrected chi connectivity index (χ0v) is 15.7. The number of carbonyl (C=O) groups excluding carboxylic acids is 1. The van der Waals surface area contributed by atoms with E-state index >= 15 is 0 Å². The van der Waals surface area contributed by atoms with Crippen LogP contribution < -0.4 is 10.0 Å². The first-order valence-corrected chi connectivity index (χ1v) is 10.1. The number of aromatic nitrogens is 2. The number of anilines is 1. The van der Waals surface area contributed by atoms with Gasteiger partial charge >= 0.3 is 0 Å². The molecule has 0 radical (unpaired) electrons. The minimum Gasteiger partial charge on any atom is -0.351 e. The van der Waals surface area contributed by atoms with Gasteiger partial charge in [-0.1, -0.05) is 29.8 Å². The number of fused-ring (bicyclic) bond motifs is 1. The molecule has 7 nitrogen and oxygen atoms in total. The molecule has 0 unspecified atom stereocenters. The average Bonchev–Trinajstić information content (AvgIpc) is 3.08. The summed E-state index contributed by atoms with van der Waals surface area (Å²) in [5, 5.41) is 7.12. The van der Waals surface area contributed by atoms with Crippen molar-refractivity contribution in [3.8, 4) is 0 Å². The minimum atomic E-state index is -3.60. The molecule has 0 spiro atoms. The molecular formula is C18H17ClN4O3S. The van der Waals surface area contributed by atoms with Gasteiger partial charge in [0.2, 0.25) is 15.9 Å². The van der Waals surface area contributed by atoms with Gasteiger partial charge in [0.25, 0.3) is 0 Å². The Kier molecular flexibility index (Phi) is 5.78. The Morgan fingerprint density at radius 2 is 2.04 bits per heavy atom. The van der Waals surface area contributed by atoms with E-state index in [9.17, 15) is 13.2 Å². The summed E-state index contributed by atoms with van der Waals surface area (Å²) in [5.41, 5.74) is 1.92. The van der Waals surface area contributed by atoms with Crippen molar-refractivity contribution < 1.29 is 13.2 Å². The number of amides is 1. The maximum absolute atomic E-state index is 12.2. The highest BCUT2D eigenvalue weighted by Crippen LogP contribution is 2.16. The van der Waals surface area contributed by atoms with Gasteiger partial charge in [-0.3, -0.25) is 9.52 Å². The van der Waals surface area contributed by atoms with Crippen LogP contribution in [0.25, 0.3) is 11.6 Å². The van der Waals surface area contributed by atoms with E-state index in [1.807, 2.05) is 6.07 Å². The lowest BCUT2D eigenvalue weighted by Gasteiger charge is -2.08. The van der Waals surface area contributed by atoms with Gasteiger partial charge in [-0.05, 0) is 35.9 Å². The summed E-state index contributed by atoms with van der Waals surface area (Å²) in [5.74, 6) is -0.644. The Bertz CT molecular complexity index is 1090. The molecule has 3 rings (SSSR count). The van der Waals surface area contributed by atoms with Gasteiger partial charge < -0.3 is 5.32 Å².